The summed E-state index contributed by atoms with van der Waals surface area (Å²) in [6, 6.07) is 0.109. The molecule has 1 aliphatic heterocycles. The highest BCUT2D eigenvalue weighted by molar-refractivity contribution is 14.1. The zero-order valence-corrected chi connectivity index (χ0v) is 22.7. The fraction of sp³-hybridized carbons (Fsp3) is 0.440. The topological polar surface area (TPSA) is 226 Å². The van der Waals surface area contributed by atoms with Gasteiger partial charge in [-0.3, -0.25) is 24.0 Å². The first-order valence-corrected chi connectivity index (χ1v) is 13.4. The molecule has 0 saturated carbocycles. The summed E-state index contributed by atoms with van der Waals surface area (Å²) in [6.45, 7) is 0.986. The van der Waals surface area contributed by atoms with E-state index in [2.05, 4.69) is 5.32 Å². The van der Waals surface area contributed by atoms with E-state index < -0.39 is 69.7 Å². The van der Waals surface area contributed by atoms with Gasteiger partial charge in [0.25, 0.3) is 5.91 Å². The number of halogens is 1. The molecule has 39 heavy (non-hydrogen) atoms. The number of nitrogens with zero attached hydrogens (tertiary/aromatic N) is 1. The first-order chi connectivity index (χ1) is 18.4. The van der Waals surface area contributed by atoms with E-state index in [1.165, 1.54) is 11.1 Å². The number of amides is 2. The zero-order valence-electron chi connectivity index (χ0n) is 20.6. The van der Waals surface area contributed by atoms with Gasteiger partial charge >= 0.3 is 0 Å². The number of aromatic hydroxyl groups is 1. The summed E-state index contributed by atoms with van der Waals surface area (Å²) in [5.74, 6) is -8.33. The monoisotopic (exact) mass is 654 g/mol. The van der Waals surface area contributed by atoms with Crippen LogP contribution in [-0.2, 0) is 25.6 Å². The minimum absolute atomic E-state index is 0.0286. The third-order valence-corrected chi connectivity index (χ3v) is 8.83. The second kappa shape index (κ2) is 9.85. The maximum absolute atomic E-state index is 13.7. The highest BCUT2D eigenvalue weighted by Gasteiger charge is 2.62. The number of Topliss-reactive ketones (excluding diaryl/α,β-unsaturated/α-hetero) is 2. The standard InChI is InChI=1S/C25H27IN4O9/c26-12-7-13(29-14(31)8-30-3-1-2-4-39-30)19(32)16-10(12)5-9-6-11-18(27)21(34)17(24(28)37)23(36)25(11,38)22(35)15(9)20(16)33/h7,9,11,18,32,34-35,38H,1-6,8,27H2,(H2,28,37)(H,29,31)/t9-,11-,18-,25-/m0/s1. The van der Waals surface area contributed by atoms with Crippen molar-refractivity contribution in [2.45, 2.75) is 37.3 Å². The first-order valence-electron chi connectivity index (χ1n) is 12.3. The van der Waals surface area contributed by atoms with Crippen molar-refractivity contribution in [1.29, 1.82) is 0 Å². The summed E-state index contributed by atoms with van der Waals surface area (Å²) < 4.78 is 0.556. The summed E-state index contributed by atoms with van der Waals surface area (Å²) in [5, 5.41) is 48.2. The Morgan fingerprint density at radius 1 is 1.23 bits per heavy atom. The van der Waals surface area contributed by atoms with Crippen LogP contribution in [0.15, 0.2) is 28.7 Å². The quantitative estimate of drug-likeness (QED) is 0.131. The molecule has 2 amide bonds. The Hall–Kier alpha value is -3.05. The highest BCUT2D eigenvalue weighted by atomic mass is 127. The summed E-state index contributed by atoms with van der Waals surface area (Å²) in [5.41, 5.74) is 7.48. The van der Waals surface area contributed by atoms with E-state index >= 15 is 0 Å². The van der Waals surface area contributed by atoms with Crippen molar-refractivity contribution < 1.29 is 44.4 Å². The fourth-order valence-electron chi connectivity index (χ4n) is 5.95. The van der Waals surface area contributed by atoms with Crippen LogP contribution in [0.4, 0.5) is 5.69 Å². The lowest BCUT2D eigenvalue weighted by Crippen LogP contribution is -2.63. The van der Waals surface area contributed by atoms with Crippen LogP contribution in [0.1, 0.15) is 35.2 Å². The van der Waals surface area contributed by atoms with Gasteiger partial charge in [-0.2, -0.15) is 5.06 Å². The number of aliphatic hydroxyl groups is 3. The Bertz CT molecular complexity index is 1380. The van der Waals surface area contributed by atoms with Crippen LogP contribution in [0.5, 0.6) is 5.75 Å². The Kier molecular flexibility index (Phi) is 6.95. The van der Waals surface area contributed by atoms with E-state index in [-0.39, 0.29) is 36.2 Å². The summed E-state index contributed by atoms with van der Waals surface area (Å²) in [6.07, 6.45) is 1.81. The van der Waals surface area contributed by atoms with Gasteiger partial charge in [-0.15, -0.1) is 0 Å². The number of ketones is 2. The third-order valence-electron chi connectivity index (χ3n) is 7.87. The average molecular weight is 654 g/mol. The number of carbonyl (C=O) groups excluding carboxylic acids is 4. The minimum Gasteiger partial charge on any atom is -0.510 e. The van der Waals surface area contributed by atoms with Crippen molar-refractivity contribution in [2.24, 2.45) is 23.3 Å². The number of allylic oxidation sites excluding steroid dienone is 1. The number of nitrogens with one attached hydrogen (secondary N) is 1. The SMILES string of the molecule is NC(=O)C1=C(O)[C@@H](N)[C@@H]2C[C@@H]3Cc4c(I)cc(NC(=O)CN5CCCCO5)c(O)c4C(=O)C3=C(O)[C@]2(O)C1=O. The number of hydroxylamine groups is 2. The maximum atomic E-state index is 13.7. The predicted octanol–water partition coefficient (Wildman–Crippen LogP) is 0.0882. The number of phenols is 1. The number of hydrogen-bond donors (Lipinski definition) is 7. The smallest absolute Gasteiger partial charge is 0.255 e. The average Bonchev–Trinajstić information content (AvgIpc) is 2.88. The molecule has 13 nitrogen and oxygen atoms in total. The van der Waals surface area contributed by atoms with Crippen LogP contribution in [0, 0.1) is 15.4 Å². The molecular formula is C25H27IN4O9. The number of carbonyl (C=O) groups is 4. The van der Waals surface area contributed by atoms with E-state index in [4.69, 9.17) is 16.3 Å². The van der Waals surface area contributed by atoms with E-state index in [0.717, 1.165) is 12.8 Å². The second-order valence-corrected chi connectivity index (χ2v) is 11.3. The van der Waals surface area contributed by atoms with Crippen LogP contribution in [0.25, 0.3) is 0 Å². The fourth-order valence-corrected chi connectivity index (χ4v) is 6.76. The van der Waals surface area contributed by atoms with Gasteiger partial charge in [0.1, 0.15) is 23.6 Å². The van der Waals surface area contributed by atoms with Gasteiger partial charge in [-0.05, 0) is 65.8 Å². The van der Waals surface area contributed by atoms with Crippen molar-refractivity contribution in [2.75, 3.05) is 25.0 Å². The van der Waals surface area contributed by atoms with E-state index in [0.29, 0.717) is 22.3 Å². The summed E-state index contributed by atoms with van der Waals surface area (Å²) >= 11 is 1.97. The molecule has 14 heteroatoms. The van der Waals surface area contributed by atoms with Crippen LogP contribution in [-0.4, -0.2) is 80.2 Å². The Morgan fingerprint density at radius 3 is 2.59 bits per heavy atom. The molecule has 1 saturated heterocycles. The normalized spacial score (nSPS) is 29.1. The Labute approximate surface area is 235 Å². The molecule has 4 aliphatic rings. The van der Waals surface area contributed by atoms with Crippen molar-refractivity contribution in [3.63, 3.8) is 0 Å². The molecular weight excluding hydrogens is 627 g/mol. The number of hydrogen-bond acceptors (Lipinski definition) is 11. The molecule has 208 valence electrons. The van der Waals surface area contributed by atoms with E-state index in [1.807, 2.05) is 22.6 Å². The predicted molar refractivity (Wildman–Crippen MR) is 142 cm³/mol. The number of aliphatic hydroxyl groups excluding tert-OH is 2. The third kappa shape index (κ3) is 4.21. The van der Waals surface area contributed by atoms with Gasteiger partial charge in [0.15, 0.2) is 17.1 Å². The number of phenolic OH excluding ortho intramolecular Hbond substituents is 1. The van der Waals surface area contributed by atoms with Gasteiger partial charge < -0.3 is 37.2 Å². The maximum Gasteiger partial charge on any atom is 0.255 e. The lowest BCUT2D eigenvalue weighted by Gasteiger charge is -2.47. The molecule has 5 rings (SSSR count). The molecule has 1 fully saturated rings. The molecule has 1 aromatic rings. The lowest BCUT2D eigenvalue weighted by atomic mass is 9.59. The summed E-state index contributed by atoms with van der Waals surface area (Å²) in [4.78, 5) is 56.8. The molecule has 0 bridgehead atoms. The molecule has 9 N–H and O–H groups in total. The number of benzene rings is 1. The van der Waals surface area contributed by atoms with E-state index in [1.54, 1.807) is 0 Å². The largest absolute Gasteiger partial charge is 0.510 e. The Morgan fingerprint density at radius 2 is 1.95 bits per heavy atom. The van der Waals surface area contributed by atoms with Crippen molar-refractivity contribution in [1.82, 2.24) is 5.06 Å². The van der Waals surface area contributed by atoms with Crippen LogP contribution in [0.2, 0.25) is 0 Å². The Balaban J connectivity index is 1.53. The summed E-state index contributed by atoms with van der Waals surface area (Å²) in [7, 11) is 0. The molecule has 1 aromatic carbocycles. The van der Waals surface area contributed by atoms with Crippen molar-refractivity contribution >= 4 is 51.7 Å². The lowest BCUT2D eigenvalue weighted by molar-refractivity contribution is -0.182. The molecule has 1 heterocycles. The van der Waals surface area contributed by atoms with Gasteiger partial charge in [-0.25, -0.2) is 0 Å². The number of primary amides is 1. The molecule has 0 aromatic heterocycles. The molecule has 0 radical (unpaired) electrons. The van der Waals surface area contributed by atoms with E-state index in [9.17, 15) is 39.6 Å². The van der Waals surface area contributed by atoms with Crippen LogP contribution in [0.3, 0.4) is 0 Å². The molecule has 0 unspecified atom stereocenters. The molecule has 4 atom stereocenters. The number of rotatable bonds is 4. The molecule has 3 aliphatic carbocycles. The van der Waals surface area contributed by atoms with Gasteiger partial charge in [-0.1, -0.05) is 0 Å². The zero-order chi connectivity index (χ0) is 28.4. The molecule has 0 spiro atoms. The van der Waals surface area contributed by atoms with Crippen molar-refractivity contribution in [3.8, 4) is 5.75 Å². The van der Waals surface area contributed by atoms with Crippen molar-refractivity contribution in [3.05, 3.63) is 43.4 Å². The van der Waals surface area contributed by atoms with Crippen LogP contribution >= 0.6 is 22.6 Å². The van der Waals surface area contributed by atoms with Gasteiger partial charge in [0.2, 0.25) is 11.7 Å². The van der Waals surface area contributed by atoms with Gasteiger partial charge in [0, 0.05) is 21.6 Å². The number of fused-ring (bicyclic) bond motifs is 3. The van der Waals surface area contributed by atoms with Gasteiger partial charge in [0.05, 0.1) is 23.9 Å². The second-order valence-electron chi connectivity index (χ2n) is 10.1. The first kappa shape index (κ1) is 27.5. The number of nitrogens with two attached hydrogens (primary N) is 2. The number of anilines is 1. The minimum atomic E-state index is -2.78. The van der Waals surface area contributed by atoms with Crippen LogP contribution < -0.4 is 16.8 Å². The highest BCUT2D eigenvalue weighted by Crippen LogP contribution is 2.52.